The van der Waals surface area contributed by atoms with Gasteiger partial charge < -0.3 is 14.4 Å². The highest BCUT2D eigenvalue weighted by Gasteiger charge is 2.19. The number of carboxylic acid groups (broad SMARTS) is 1. The molecule has 1 unspecified atom stereocenters. The molecule has 24 heavy (non-hydrogen) atoms. The fourth-order valence-electron chi connectivity index (χ4n) is 2.50. The molecule has 0 radical (unpaired) electrons. The minimum atomic E-state index is -1.06. The summed E-state index contributed by atoms with van der Waals surface area (Å²) in [7, 11) is 1.62. The molecule has 0 saturated heterocycles. The maximum atomic E-state index is 13.3. The Bertz CT molecular complexity index is 753. The predicted octanol–water partition coefficient (Wildman–Crippen LogP) is 3.58. The Morgan fingerprint density at radius 2 is 2.04 bits per heavy atom. The summed E-state index contributed by atoms with van der Waals surface area (Å²) in [5, 5.41) is 9.02. The van der Waals surface area contributed by atoms with E-state index in [1.165, 1.54) is 23.1 Å². The Balaban J connectivity index is 1.99. The van der Waals surface area contributed by atoms with Crippen molar-refractivity contribution in [3.63, 3.8) is 0 Å². The van der Waals surface area contributed by atoms with E-state index in [1.807, 2.05) is 6.92 Å². The molecule has 0 saturated carbocycles. The lowest BCUT2D eigenvalue weighted by Crippen LogP contribution is -2.27. The standard InChI is InChI=1S/C18H20FNO4/c1-11(13-5-4-6-14(19)8-13)7-17(21)20(3)10-15-9-16(18(22)23)12(2)24-15/h4-6,8-9,11H,7,10H2,1-3H3,(H,22,23). The number of benzene rings is 1. The van der Waals surface area contributed by atoms with Crippen LogP contribution in [0.25, 0.3) is 0 Å². The first kappa shape index (κ1) is 17.7. The van der Waals surface area contributed by atoms with Gasteiger partial charge in [-0.05, 0) is 36.6 Å². The fraction of sp³-hybridized carbons (Fsp3) is 0.333. The second kappa shape index (κ2) is 7.29. The molecule has 0 fully saturated rings. The summed E-state index contributed by atoms with van der Waals surface area (Å²) < 4.78 is 18.6. The quantitative estimate of drug-likeness (QED) is 0.877. The molecule has 1 aromatic heterocycles. The number of halogens is 1. The van der Waals surface area contributed by atoms with Crippen LogP contribution in [0, 0.1) is 12.7 Å². The van der Waals surface area contributed by atoms with Crippen LogP contribution >= 0.6 is 0 Å². The minimum Gasteiger partial charge on any atom is -0.478 e. The first-order chi connectivity index (χ1) is 11.3. The number of aromatic carboxylic acids is 1. The Kier molecular flexibility index (Phi) is 5.39. The van der Waals surface area contributed by atoms with Crippen molar-refractivity contribution in [2.45, 2.75) is 32.7 Å². The van der Waals surface area contributed by atoms with Crippen LogP contribution < -0.4 is 0 Å². The van der Waals surface area contributed by atoms with Crippen molar-refractivity contribution in [3.05, 3.63) is 58.8 Å². The lowest BCUT2D eigenvalue weighted by Gasteiger charge is -2.19. The number of hydrogen-bond acceptors (Lipinski definition) is 3. The SMILES string of the molecule is Cc1oc(CN(C)C(=O)CC(C)c2cccc(F)c2)cc1C(=O)O. The largest absolute Gasteiger partial charge is 0.478 e. The molecular weight excluding hydrogens is 313 g/mol. The van der Waals surface area contributed by atoms with Gasteiger partial charge in [0.25, 0.3) is 0 Å². The maximum Gasteiger partial charge on any atom is 0.339 e. The number of furan rings is 1. The zero-order valence-electron chi connectivity index (χ0n) is 13.9. The molecule has 5 nitrogen and oxygen atoms in total. The summed E-state index contributed by atoms with van der Waals surface area (Å²) in [6, 6.07) is 7.62. The third kappa shape index (κ3) is 4.22. The van der Waals surface area contributed by atoms with E-state index in [-0.39, 0.29) is 36.2 Å². The van der Waals surface area contributed by atoms with Gasteiger partial charge >= 0.3 is 5.97 Å². The van der Waals surface area contributed by atoms with Crippen LogP contribution in [0.2, 0.25) is 0 Å². The van der Waals surface area contributed by atoms with E-state index in [4.69, 9.17) is 9.52 Å². The molecule has 1 N–H and O–H groups in total. The van der Waals surface area contributed by atoms with Gasteiger partial charge in [-0.3, -0.25) is 4.79 Å². The summed E-state index contributed by atoms with van der Waals surface area (Å²) in [4.78, 5) is 24.8. The molecule has 0 bridgehead atoms. The summed E-state index contributed by atoms with van der Waals surface area (Å²) in [5.74, 6) is -0.907. The summed E-state index contributed by atoms with van der Waals surface area (Å²) >= 11 is 0. The molecule has 2 aromatic rings. The van der Waals surface area contributed by atoms with E-state index in [1.54, 1.807) is 26.1 Å². The van der Waals surface area contributed by atoms with Crippen LogP contribution in [0.15, 0.2) is 34.7 Å². The zero-order valence-corrected chi connectivity index (χ0v) is 13.9. The highest BCUT2D eigenvalue weighted by Crippen LogP contribution is 2.22. The van der Waals surface area contributed by atoms with Crippen LogP contribution in [-0.2, 0) is 11.3 Å². The molecule has 1 amide bonds. The highest BCUT2D eigenvalue weighted by molar-refractivity contribution is 5.88. The van der Waals surface area contributed by atoms with Gasteiger partial charge in [-0.1, -0.05) is 19.1 Å². The van der Waals surface area contributed by atoms with Gasteiger partial charge in [-0.2, -0.15) is 0 Å². The Morgan fingerprint density at radius 1 is 1.33 bits per heavy atom. The normalized spacial score (nSPS) is 12.0. The van der Waals surface area contributed by atoms with Gasteiger partial charge in [0.2, 0.25) is 5.91 Å². The van der Waals surface area contributed by atoms with Crippen LogP contribution in [0.5, 0.6) is 0 Å². The molecule has 0 aliphatic rings. The third-order valence-electron chi connectivity index (χ3n) is 3.92. The zero-order chi connectivity index (χ0) is 17.9. The molecule has 1 aromatic carbocycles. The molecule has 1 heterocycles. The highest BCUT2D eigenvalue weighted by atomic mass is 19.1. The molecule has 0 aliphatic heterocycles. The number of carbonyl (C=O) groups is 2. The second-order valence-corrected chi connectivity index (χ2v) is 5.90. The van der Waals surface area contributed by atoms with Crippen molar-refractivity contribution in [1.29, 1.82) is 0 Å². The van der Waals surface area contributed by atoms with Crippen molar-refractivity contribution in [1.82, 2.24) is 4.90 Å². The van der Waals surface area contributed by atoms with Crippen molar-refractivity contribution >= 4 is 11.9 Å². The van der Waals surface area contributed by atoms with Gasteiger partial charge in [0.05, 0.1) is 6.54 Å². The number of aryl methyl sites for hydroxylation is 1. The summed E-state index contributed by atoms with van der Waals surface area (Å²) in [6.07, 6.45) is 0.228. The molecule has 6 heteroatoms. The van der Waals surface area contributed by atoms with Crippen LogP contribution in [0.4, 0.5) is 4.39 Å². The average Bonchev–Trinajstić information content (AvgIpc) is 2.87. The molecule has 0 spiro atoms. The van der Waals surface area contributed by atoms with Crippen LogP contribution in [0.1, 0.15) is 46.7 Å². The Hall–Kier alpha value is -2.63. The number of hydrogen-bond donors (Lipinski definition) is 1. The van der Waals surface area contributed by atoms with Gasteiger partial charge in [0.1, 0.15) is 22.9 Å². The van der Waals surface area contributed by atoms with E-state index >= 15 is 0 Å². The van der Waals surface area contributed by atoms with Crippen molar-refractivity contribution in [2.24, 2.45) is 0 Å². The Labute approximate surface area is 139 Å². The number of rotatable bonds is 6. The fourth-order valence-corrected chi connectivity index (χ4v) is 2.50. The van der Waals surface area contributed by atoms with Crippen LogP contribution in [-0.4, -0.2) is 28.9 Å². The van der Waals surface area contributed by atoms with Gasteiger partial charge in [0.15, 0.2) is 0 Å². The molecule has 1 atom stereocenters. The first-order valence-corrected chi connectivity index (χ1v) is 7.60. The summed E-state index contributed by atoms with van der Waals surface area (Å²) in [5.41, 5.74) is 0.859. The Morgan fingerprint density at radius 3 is 2.62 bits per heavy atom. The van der Waals surface area contributed by atoms with Crippen molar-refractivity contribution in [3.8, 4) is 0 Å². The predicted molar refractivity (Wildman–Crippen MR) is 86.3 cm³/mol. The topological polar surface area (TPSA) is 70.8 Å². The third-order valence-corrected chi connectivity index (χ3v) is 3.92. The number of amides is 1. The van der Waals surface area contributed by atoms with Gasteiger partial charge in [0, 0.05) is 13.5 Å². The molecule has 2 rings (SSSR count). The van der Waals surface area contributed by atoms with Gasteiger partial charge in [-0.25, -0.2) is 9.18 Å². The molecular formula is C18H20FNO4. The first-order valence-electron chi connectivity index (χ1n) is 7.60. The van der Waals surface area contributed by atoms with E-state index in [0.29, 0.717) is 11.5 Å². The van der Waals surface area contributed by atoms with Crippen molar-refractivity contribution in [2.75, 3.05) is 7.05 Å². The van der Waals surface area contributed by atoms with E-state index in [9.17, 15) is 14.0 Å². The smallest absolute Gasteiger partial charge is 0.339 e. The van der Waals surface area contributed by atoms with E-state index in [2.05, 4.69) is 0 Å². The number of nitrogens with zero attached hydrogens (tertiary/aromatic N) is 1. The number of carbonyl (C=O) groups excluding carboxylic acids is 1. The minimum absolute atomic E-state index is 0.0963. The molecule has 0 aliphatic carbocycles. The lowest BCUT2D eigenvalue weighted by atomic mass is 9.97. The lowest BCUT2D eigenvalue weighted by molar-refractivity contribution is -0.131. The summed E-state index contributed by atoms with van der Waals surface area (Å²) in [6.45, 7) is 3.61. The molecule has 128 valence electrons. The maximum absolute atomic E-state index is 13.3. The number of carboxylic acids is 1. The second-order valence-electron chi connectivity index (χ2n) is 5.90. The average molecular weight is 333 g/mol. The van der Waals surface area contributed by atoms with E-state index in [0.717, 1.165) is 5.56 Å². The van der Waals surface area contributed by atoms with Crippen molar-refractivity contribution < 1.29 is 23.5 Å². The van der Waals surface area contributed by atoms with E-state index < -0.39 is 5.97 Å². The monoisotopic (exact) mass is 333 g/mol. The van der Waals surface area contributed by atoms with Gasteiger partial charge in [-0.15, -0.1) is 0 Å². The van der Waals surface area contributed by atoms with Crippen LogP contribution in [0.3, 0.4) is 0 Å².